The molecule has 20 heavy (non-hydrogen) atoms. The van der Waals surface area contributed by atoms with Crippen LogP contribution in [0.5, 0.6) is 0 Å². The van der Waals surface area contributed by atoms with Crippen LogP contribution in [0.25, 0.3) is 0 Å². The maximum atomic E-state index is 13.9. The van der Waals surface area contributed by atoms with Crippen molar-refractivity contribution in [2.75, 3.05) is 26.2 Å². The smallest absolute Gasteiger partial charge is 0.242 e. The number of carbonyl (C=O) groups is 1. The van der Waals surface area contributed by atoms with Crippen molar-refractivity contribution in [3.8, 4) is 0 Å². The first-order valence-corrected chi connectivity index (χ1v) is 6.98. The number of rotatable bonds is 8. The quantitative estimate of drug-likeness (QED) is 0.758. The Morgan fingerprint density at radius 1 is 1.35 bits per heavy atom. The Morgan fingerprint density at radius 3 is 2.45 bits per heavy atom. The third-order valence-corrected chi connectivity index (χ3v) is 3.71. The number of benzene rings is 1. The van der Waals surface area contributed by atoms with E-state index in [9.17, 15) is 9.18 Å². The Labute approximate surface area is 120 Å². The zero-order valence-electron chi connectivity index (χ0n) is 12.4. The molecule has 1 unspecified atom stereocenters. The lowest BCUT2D eigenvalue weighted by Gasteiger charge is -2.30. The highest BCUT2D eigenvalue weighted by atomic mass is 19.1. The summed E-state index contributed by atoms with van der Waals surface area (Å²) >= 11 is 0. The second kappa shape index (κ2) is 7.36. The Balaban J connectivity index is 2.83. The molecule has 1 atom stereocenters. The fourth-order valence-corrected chi connectivity index (χ4v) is 2.19. The average Bonchev–Trinajstić information content (AvgIpc) is 2.43. The van der Waals surface area contributed by atoms with Gasteiger partial charge in [0.05, 0.1) is 0 Å². The van der Waals surface area contributed by atoms with Gasteiger partial charge >= 0.3 is 0 Å². The van der Waals surface area contributed by atoms with Crippen LogP contribution in [-0.4, -0.2) is 37.0 Å². The van der Waals surface area contributed by atoms with Gasteiger partial charge < -0.3 is 10.6 Å². The van der Waals surface area contributed by atoms with Crippen molar-refractivity contribution in [3.05, 3.63) is 35.6 Å². The van der Waals surface area contributed by atoms with E-state index in [0.717, 1.165) is 19.6 Å². The second-order valence-corrected chi connectivity index (χ2v) is 4.92. The molecule has 0 aliphatic carbocycles. The third kappa shape index (κ3) is 3.77. The summed E-state index contributed by atoms with van der Waals surface area (Å²) < 4.78 is 13.9. The predicted octanol–water partition coefficient (Wildman–Crippen LogP) is 1.46. The number of likely N-dealkylation sites (N-methyl/N-ethyl adjacent to an activating group) is 1. The van der Waals surface area contributed by atoms with Gasteiger partial charge in [-0.1, -0.05) is 32.0 Å². The fourth-order valence-electron chi connectivity index (χ4n) is 2.19. The molecule has 0 heterocycles. The molecule has 0 saturated heterocycles. The molecule has 0 spiro atoms. The number of halogens is 1. The highest BCUT2D eigenvalue weighted by molar-refractivity contribution is 5.85. The van der Waals surface area contributed by atoms with Gasteiger partial charge in [-0.25, -0.2) is 4.39 Å². The lowest BCUT2D eigenvalue weighted by molar-refractivity contribution is -0.124. The van der Waals surface area contributed by atoms with Crippen LogP contribution >= 0.6 is 0 Å². The van der Waals surface area contributed by atoms with Crippen LogP contribution in [0, 0.1) is 5.82 Å². The first kappa shape index (κ1) is 16.6. The van der Waals surface area contributed by atoms with Crippen molar-refractivity contribution in [2.45, 2.75) is 26.3 Å². The Bertz CT molecular complexity index is 448. The Morgan fingerprint density at radius 2 is 1.95 bits per heavy atom. The predicted molar refractivity (Wildman–Crippen MR) is 78.7 cm³/mol. The molecule has 0 radical (unpaired) electrons. The summed E-state index contributed by atoms with van der Waals surface area (Å²) in [5.74, 6) is -1.01. The van der Waals surface area contributed by atoms with Crippen LogP contribution in [0.1, 0.15) is 26.3 Å². The lowest BCUT2D eigenvalue weighted by Crippen LogP contribution is -2.52. The van der Waals surface area contributed by atoms with Crippen LogP contribution in [0.4, 0.5) is 4.39 Å². The van der Waals surface area contributed by atoms with E-state index < -0.39 is 17.3 Å². The topological polar surface area (TPSA) is 58.4 Å². The molecule has 1 aromatic rings. The number of nitrogens with zero attached hydrogens (tertiary/aromatic N) is 1. The van der Waals surface area contributed by atoms with Crippen molar-refractivity contribution in [3.63, 3.8) is 0 Å². The minimum Gasteiger partial charge on any atom is -0.368 e. The summed E-state index contributed by atoms with van der Waals surface area (Å²) in [7, 11) is 0. The van der Waals surface area contributed by atoms with Crippen LogP contribution in [0.3, 0.4) is 0 Å². The summed E-state index contributed by atoms with van der Waals surface area (Å²) in [6.07, 6.45) is 0. The van der Waals surface area contributed by atoms with Gasteiger partial charge in [-0.2, -0.15) is 0 Å². The zero-order chi connectivity index (χ0) is 15.2. The van der Waals surface area contributed by atoms with E-state index in [1.807, 2.05) is 0 Å². The maximum Gasteiger partial charge on any atom is 0.242 e. The molecule has 1 rings (SSSR count). The zero-order valence-corrected chi connectivity index (χ0v) is 12.4. The molecule has 5 heteroatoms. The monoisotopic (exact) mass is 281 g/mol. The normalized spacial score (nSPS) is 14.2. The lowest BCUT2D eigenvalue weighted by atomic mass is 9.90. The highest BCUT2D eigenvalue weighted by Crippen LogP contribution is 2.23. The number of primary amides is 1. The molecule has 1 aromatic carbocycles. The molecule has 0 aliphatic heterocycles. The number of hydrogen-bond acceptors (Lipinski definition) is 3. The van der Waals surface area contributed by atoms with Crippen LogP contribution in [-0.2, 0) is 10.3 Å². The first-order valence-electron chi connectivity index (χ1n) is 6.98. The summed E-state index contributed by atoms with van der Waals surface area (Å²) in [5.41, 5.74) is 4.56. The minimum absolute atomic E-state index is 0.284. The van der Waals surface area contributed by atoms with E-state index in [-0.39, 0.29) is 5.56 Å². The van der Waals surface area contributed by atoms with E-state index in [1.54, 1.807) is 25.1 Å². The van der Waals surface area contributed by atoms with Crippen molar-refractivity contribution in [1.29, 1.82) is 0 Å². The van der Waals surface area contributed by atoms with Gasteiger partial charge in [0.25, 0.3) is 0 Å². The van der Waals surface area contributed by atoms with Crippen LogP contribution < -0.4 is 11.1 Å². The highest BCUT2D eigenvalue weighted by Gasteiger charge is 2.34. The molecule has 4 nitrogen and oxygen atoms in total. The van der Waals surface area contributed by atoms with E-state index in [1.165, 1.54) is 6.07 Å². The maximum absolute atomic E-state index is 13.9. The van der Waals surface area contributed by atoms with Crippen LogP contribution in [0.2, 0.25) is 0 Å². The van der Waals surface area contributed by atoms with Crippen molar-refractivity contribution >= 4 is 5.91 Å². The fraction of sp³-hybridized carbons (Fsp3) is 0.533. The standard InChI is InChI=1S/C15H24FN3O/c1-4-19(5-2)11-10-18-15(3,14(17)20)12-8-6-7-9-13(12)16/h6-9,18H,4-5,10-11H2,1-3H3,(H2,17,20). The number of amides is 1. The Hall–Kier alpha value is -1.46. The van der Waals surface area contributed by atoms with Gasteiger partial charge in [0, 0.05) is 18.7 Å². The van der Waals surface area contributed by atoms with E-state index in [2.05, 4.69) is 24.1 Å². The van der Waals surface area contributed by atoms with Gasteiger partial charge in [-0.15, -0.1) is 0 Å². The number of nitrogens with two attached hydrogens (primary N) is 1. The molecular formula is C15H24FN3O. The van der Waals surface area contributed by atoms with Crippen molar-refractivity contribution < 1.29 is 9.18 Å². The van der Waals surface area contributed by atoms with Gasteiger partial charge in [-0.3, -0.25) is 10.1 Å². The van der Waals surface area contributed by atoms with E-state index in [0.29, 0.717) is 6.54 Å². The molecule has 0 fully saturated rings. The van der Waals surface area contributed by atoms with Gasteiger partial charge in [0.2, 0.25) is 5.91 Å². The van der Waals surface area contributed by atoms with Crippen LogP contribution in [0.15, 0.2) is 24.3 Å². The summed E-state index contributed by atoms with van der Waals surface area (Å²) in [4.78, 5) is 14.0. The first-order chi connectivity index (χ1) is 9.45. The van der Waals surface area contributed by atoms with E-state index in [4.69, 9.17) is 5.73 Å². The summed E-state index contributed by atoms with van der Waals surface area (Å²) in [6, 6.07) is 6.22. The molecule has 0 saturated carbocycles. The van der Waals surface area contributed by atoms with Gasteiger partial charge in [0.1, 0.15) is 11.4 Å². The third-order valence-electron chi connectivity index (χ3n) is 3.71. The van der Waals surface area contributed by atoms with E-state index >= 15 is 0 Å². The summed E-state index contributed by atoms with van der Waals surface area (Å²) in [5, 5.41) is 3.10. The number of carbonyl (C=O) groups excluding carboxylic acids is 1. The SMILES string of the molecule is CCN(CC)CCNC(C)(C(N)=O)c1ccccc1F. The molecule has 1 amide bonds. The Kier molecular flexibility index (Phi) is 6.10. The minimum atomic E-state index is -1.20. The molecule has 0 aromatic heterocycles. The van der Waals surface area contributed by atoms with Gasteiger partial charge in [-0.05, 0) is 26.1 Å². The molecule has 112 valence electrons. The molecule has 0 bridgehead atoms. The summed E-state index contributed by atoms with van der Waals surface area (Å²) in [6.45, 7) is 8.99. The molecular weight excluding hydrogens is 257 g/mol. The second-order valence-electron chi connectivity index (χ2n) is 4.92. The van der Waals surface area contributed by atoms with Gasteiger partial charge in [0.15, 0.2) is 0 Å². The van der Waals surface area contributed by atoms with Crippen molar-refractivity contribution in [1.82, 2.24) is 10.2 Å². The number of hydrogen-bond donors (Lipinski definition) is 2. The van der Waals surface area contributed by atoms with Crippen molar-refractivity contribution in [2.24, 2.45) is 5.73 Å². The average molecular weight is 281 g/mol. The largest absolute Gasteiger partial charge is 0.368 e. The molecule has 0 aliphatic rings. The number of nitrogens with one attached hydrogen (secondary N) is 1. The molecule has 3 N–H and O–H groups in total.